The van der Waals surface area contributed by atoms with Crippen LogP contribution in [0.4, 0.5) is 0 Å². The van der Waals surface area contributed by atoms with Crippen molar-refractivity contribution in [3.05, 3.63) is 35.4 Å². The van der Waals surface area contributed by atoms with Gasteiger partial charge in [-0.1, -0.05) is 29.8 Å². The molecule has 5 heteroatoms. The molecule has 0 saturated heterocycles. The molecule has 0 saturated carbocycles. The lowest BCUT2D eigenvalue weighted by molar-refractivity contribution is -0.137. The molecule has 19 heavy (non-hydrogen) atoms. The summed E-state index contributed by atoms with van der Waals surface area (Å²) in [5, 5.41) is 11.3. The second kappa shape index (κ2) is 6.89. The van der Waals surface area contributed by atoms with E-state index in [9.17, 15) is 9.59 Å². The minimum Gasteiger partial charge on any atom is -0.481 e. The molecule has 104 valence electrons. The van der Waals surface area contributed by atoms with Crippen molar-refractivity contribution in [2.45, 2.75) is 38.8 Å². The fraction of sp³-hybridized carbons (Fsp3) is 0.429. The smallest absolute Gasteiger partial charge is 0.303 e. The van der Waals surface area contributed by atoms with Crippen molar-refractivity contribution in [2.75, 3.05) is 0 Å². The Morgan fingerprint density at radius 2 is 1.89 bits per heavy atom. The van der Waals surface area contributed by atoms with Crippen LogP contribution in [-0.2, 0) is 9.59 Å². The second-order valence-electron chi connectivity index (χ2n) is 4.68. The summed E-state index contributed by atoms with van der Waals surface area (Å²) in [4.78, 5) is 22.2. The maximum Gasteiger partial charge on any atom is 0.303 e. The summed E-state index contributed by atoms with van der Waals surface area (Å²) in [5.74, 6) is -1.27. The average Bonchev–Trinajstić information content (AvgIpc) is 2.36. The van der Waals surface area contributed by atoms with Crippen molar-refractivity contribution in [3.63, 3.8) is 0 Å². The fourth-order valence-corrected chi connectivity index (χ4v) is 1.67. The Morgan fingerprint density at radius 3 is 2.42 bits per heavy atom. The Labute approximate surface area is 112 Å². The molecule has 1 unspecified atom stereocenters. The Hall–Kier alpha value is -1.88. The number of carbonyl (C=O) groups is 2. The zero-order chi connectivity index (χ0) is 14.4. The molecular weight excluding hydrogens is 244 g/mol. The standard InChI is InChI=1S/C14H20N2O3/c1-9-3-5-11(6-4-9)10(2)16-14(19)12(15)7-8-13(17)18/h3-6,10,12H,7-8,15H2,1-2H3,(H,16,19)(H,17,18)/t10-,12?/m1/s1. The van der Waals surface area contributed by atoms with Crippen molar-refractivity contribution in [2.24, 2.45) is 5.73 Å². The molecule has 1 rings (SSSR count). The summed E-state index contributed by atoms with van der Waals surface area (Å²) in [7, 11) is 0. The number of rotatable bonds is 6. The summed E-state index contributed by atoms with van der Waals surface area (Å²) in [6.07, 6.45) is 0.0370. The number of benzene rings is 1. The molecular formula is C14H20N2O3. The predicted molar refractivity (Wildman–Crippen MR) is 72.6 cm³/mol. The summed E-state index contributed by atoms with van der Waals surface area (Å²) >= 11 is 0. The van der Waals surface area contributed by atoms with E-state index in [4.69, 9.17) is 10.8 Å². The van der Waals surface area contributed by atoms with Gasteiger partial charge in [-0.3, -0.25) is 9.59 Å². The van der Waals surface area contributed by atoms with Crippen LogP contribution >= 0.6 is 0 Å². The topological polar surface area (TPSA) is 92.4 Å². The average molecular weight is 264 g/mol. The number of carboxylic acids is 1. The molecule has 0 aromatic heterocycles. The predicted octanol–water partition coefficient (Wildman–Crippen LogP) is 1.36. The highest BCUT2D eigenvalue weighted by Gasteiger charge is 2.17. The minimum absolute atomic E-state index is 0.104. The van der Waals surface area contributed by atoms with Gasteiger partial charge in [0, 0.05) is 6.42 Å². The van der Waals surface area contributed by atoms with E-state index in [1.54, 1.807) is 0 Å². The highest BCUT2D eigenvalue weighted by Crippen LogP contribution is 2.13. The van der Waals surface area contributed by atoms with E-state index < -0.39 is 12.0 Å². The molecule has 1 aromatic carbocycles. The fourth-order valence-electron chi connectivity index (χ4n) is 1.67. The van der Waals surface area contributed by atoms with Crippen LogP contribution in [0, 0.1) is 6.92 Å². The van der Waals surface area contributed by atoms with Gasteiger partial charge in [-0.2, -0.15) is 0 Å². The molecule has 0 fully saturated rings. The Kier molecular flexibility index (Phi) is 5.51. The lowest BCUT2D eigenvalue weighted by atomic mass is 10.1. The van der Waals surface area contributed by atoms with Crippen LogP contribution < -0.4 is 11.1 Å². The number of amides is 1. The Bertz CT molecular complexity index is 443. The molecule has 0 aliphatic heterocycles. The van der Waals surface area contributed by atoms with Crippen molar-refractivity contribution >= 4 is 11.9 Å². The van der Waals surface area contributed by atoms with Crippen molar-refractivity contribution in [3.8, 4) is 0 Å². The van der Waals surface area contributed by atoms with Gasteiger partial charge in [0.05, 0.1) is 12.1 Å². The lowest BCUT2D eigenvalue weighted by Crippen LogP contribution is -2.41. The largest absolute Gasteiger partial charge is 0.481 e. The number of aryl methyl sites for hydroxylation is 1. The van der Waals surface area contributed by atoms with Gasteiger partial charge in [-0.25, -0.2) is 0 Å². The van der Waals surface area contributed by atoms with Crippen molar-refractivity contribution < 1.29 is 14.7 Å². The second-order valence-corrected chi connectivity index (χ2v) is 4.68. The third-order valence-corrected chi connectivity index (χ3v) is 2.94. The molecule has 0 aliphatic carbocycles. The maximum atomic E-state index is 11.8. The highest BCUT2D eigenvalue weighted by molar-refractivity contribution is 5.82. The van der Waals surface area contributed by atoms with Crippen LogP contribution in [0.2, 0.25) is 0 Å². The first-order chi connectivity index (χ1) is 8.90. The zero-order valence-corrected chi connectivity index (χ0v) is 11.2. The molecule has 4 N–H and O–H groups in total. The van der Waals surface area contributed by atoms with Gasteiger partial charge >= 0.3 is 5.97 Å². The van der Waals surface area contributed by atoms with Crippen molar-refractivity contribution in [1.82, 2.24) is 5.32 Å². The number of nitrogens with one attached hydrogen (secondary N) is 1. The van der Waals surface area contributed by atoms with Crippen LogP contribution in [-0.4, -0.2) is 23.0 Å². The molecule has 0 heterocycles. The van der Waals surface area contributed by atoms with Gasteiger partial charge < -0.3 is 16.2 Å². The molecule has 0 radical (unpaired) electrons. The molecule has 2 atom stereocenters. The third kappa shape index (κ3) is 5.09. The molecule has 1 aromatic rings. The van der Waals surface area contributed by atoms with Gasteiger partial charge in [-0.15, -0.1) is 0 Å². The third-order valence-electron chi connectivity index (χ3n) is 2.94. The van der Waals surface area contributed by atoms with E-state index in [2.05, 4.69) is 5.32 Å². The van der Waals surface area contributed by atoms with Gasteiger partial charge in [0.2, 0.25) is 5.91 Å². The summed E-state index contributed by atoms with van der Waals surface area (Å²) in [5.41, 5.74) is 7.78. The highest BCUT2D eigenvalue weighted by atomic mass is 16.4. The molecule has 0 bridgehead atoms. The number of aliphatic carboxylic acids is 1. The van der Waals surface area contributed by atoms with E-state index in [-0.39, 0.29) is 24.8 Å². The molecule has 0 spiro atoms. The van der Waals surface area contributed by atoms with Gasteiger partial charge in [-0.05, 0) is 25.8 Å². The number of nitrogens with two attached hydrogens (primary N) is 1. The van der Waals surface area contributed by atoms with Crippen LogP contribution in [0.3, 0.4) is 0 Å². The zero-order valence-electron chi connectivity index (χ0n) is 11.2. The van der Waals surface area contributed by atoms with Gasteiger partial charge in [0.15, 0.2) is 0 Å². The number of hydrogen-bond acceptors (Lipinski definition) is 3. The van der Waals surface area contributed by atoms with Crippen LogP contribution in [0.25, 0.3) is 0 Å². The van der Waals surface area contributed by atoms with Crippen LogP contribution in [0.5, 0.6) is 0 Å². The number of carboxylic acid groups (broad SMARTS) is 1. The van der Waals surface area contributed by atoms with Crippen molar-refractivity contribution in [1.29, 1.82) is 0 Å². The van der Waals surface area contributed by atoms with E-state index >= 15 is 0 Å². The first-order valence-corrected chi connectivity index (χ1v) is 6.24. The SMILES string of the molecule is Cc1ccc([C@@H](C)NC(=O)C(N)CCC(=O)O)cc1. The number of carbonyl (C=O) groups excluding carboxylic acids is 1. The summed E-state index contributed by atoms with van der Waals surface area (Å²) < 4.78 is 0. The molecule has 1 amide bonds. The first-order valence-electron chi connectivity index (χ1n) is 6.24. The van der Waals surface area contributed by atoms with E-state index in [0.29, 0.717) is 0 Å². The normalized spacial score (nSPS) is 13.6. The lowest BCUT2D eigenvalue weighted by Gasteiger charge is -2.17. The monoisotopic (exact) mass is 264 g/mol. The van der Waals surface area contributed by atoms with Crippen LogP contribution in [0.1, 0.15) is 36.9 Å². The van der Waals surface area contributed by atoms with Gasteiger partial charge in [0.25, 0.3) is 0 Å². The summed E-state index contributed by atoms with van der Waals surface area (Å²) in [6, 6.07) is 6.91. The molecule has 0 aliphatic rings. The number of hydrogen-bond donors (Lipinski definition) is 3. The quantitative estimate of drug-likeness (QED) is 0.723. The molecule has 5 nitrogen and oxygen atoms in total. The van der Waals surface area contributed by atoms with E-state index in [0.717, 1.165) is 11.1 Å². The van der Waals surface area contributed by atoms with Crippen LogP contribution in [0.15, 0.2) is 24.3 Å². The Balaban J connectivity index is 2.51. The maximum absolute atomic E-state index is 11.8. The van der Waals surface area contributed by atoms with Gasteiger partial charge in [0.1, 0.15) is 0 Å². The summed E-state index contributed by atoms with van der Waals surface area (Å²) in [6.45, 7) is 3.86. The minimum atomic E-state index is -0.949. The first kappa shape index (κ1) is 15.2. The van der Waals surface area contributed by atoms with E-state index in [1.807, 2.05) is 38.1 Å². The Morgan fingerprint density at radius 1 is 1.32 bits per heavy atom. The van der Waals surface area contributed by atoms with E-state index in [1.165, 1.54) is 0 Å².